The van der Waals surface area contributed by atoms with Crippen molar-refractivity contribution >= 4 is 18.0 Å². The van der Waals surface area contributed by atoms with E-state index in [4.69, 9.17) is 4.74 Å². The highest BCUT2D eigenvalue weighted by atomic mass is 19.1. The third-order valence-electron chi connectivity index (χ3n) is 15.5. The Morgan fingerprint density at radius 3 is 1.62 bits per heavy atom. The van der Waals surface area contributed by atoms with Gasteiger partial charge >= 0.3 is 18.0 Å². The van der Waals surface area contributed by atoms with Gasteiger partial charge in [0, 0.05) is 37.3 Å². The van der Waals surface area contributed by atoms with Gasteiger partial charge in [-0.3, -0.25) is 14.6 Å². The number of rotatable bonds is 10. The number of hydrogen-bond acceptors (Lipinski definition) is 6. The van der Waals surface area contributed by atoms with Gasteiger partial charge in [-0.25, -0.2) is 18.4 Å². The van der Waals surface area contributed by atoms with Gasteiger partial charge in [0.05, 0.1) is 11.1 Å². The second-order valence-corrected chi connectivity index (χ2v) is 20.5. The molecule has 2 spiro atoms. The SMILES string of the molecule is CN(C)C1(c2cccc(F)c2)CCC2(CC1)CN(CC(=O)OC(C)(C)C)C(=O)N2CC1CCC1.CN(C)C1(c2cccc(F)c2)CCC2(CC1)CNC(=O)N2CC1CCC1. The minimum Gasteiger partial charge on any atom is -0.459 e. The lowest BCUT2D eigenvalue weighted by Crippen LogP contribution is -2.56. The molecular formula is C48H70F2N6O4. The van der Waals surface area contributed by atoms with Crippen LogP contribution in [0.15, 0.2) is 48.5 Å². The number of hydrogen-bond donors (Lipinski definition) is 1. The van der Waals surface area contributed by atoms with Gasteiger partial charge in [0.2, 0.25) is 0 Å². The van der Waals surface area contributed by atoms with Gasteiger partial charge in [-0.2, -0.15) is 0 Å². The summed E-state index contributed by atoms with van der Waals surface area (Å²) in [6.45, 7) is 8.48. The Morgan fingerprint density at radius 1 is 0.733 bits per heavy atom. The molecule has 6 aliphatic rings. The van der Waals surface area contributed by atoms with E-state index in [9.17, 15) is 23.2 Å². The monoisotopic (exact) mass is 833 g/mol. The predicted molar refractivity (Wildman–Crippen MR) is 230 cm³/mol. The van der Waals surface area contributed by atoms with E-state index >= 15 is 0 Å². The maximum atomic E-state index is 14.1. The number of halogens is 2. The van der Waals surface area contributed by atoms with Crippen LogP contribution in [-0.4, -0.2) is 120 Å². The predicted octanol–water partition coefficient (Wildman–Crippen LogP) is 8.50. The van der Waals surface area contributed by atoms with Crippen LogP contribution < -0.4 is 5.32 Å². The molecule has 2 heterocycles. The minimum absolute atomic E-state index is 0.0122. The van der Waals surface area contributed by atoms with Gasteiger partial charge in [-0.05, 0) is 173 Å². The first kappa shape index (κ1) is 44.3. The summed E-state index contributed by atoms with van der Waals surface area (Å²) in [6, 6.07) is 14.1. The largest absolute Gasteiger partial charge is 0.459 e. The highest BCUT2D eigenvalue weighted by Crippen LogP contribution is 2.51. The molecule has 4 aliphatic carbocycles. The molecule has 8 rings (SSSR count). The topological polar surface area (TPSA) is 88.7 Å². The number of ether oxygens (including phenoxy) is 1. The average Bonchev–Trinajstić information content (AvgIpc) is 3.58. The van der Waals surface area contributed by atoms with E-state index in [2.05, 4.69) is 53.1 Å². The number of nitrogens with one attached hydrogen (secondary N) is 1. The van der Waals surface area contributed by atoms with Crippen molar-refractivity contribution in [2.45, 2.75) is 138 Å². The second-order valence-electron chi connectivity index (χ2n) is 20.5. The molecule has 2 aromatic rings. The van der Waals surface area contributed by atoms with E-state index in [0.717, 1.165) is 95.0 Å². The Kier molecular flexibility index (Phi) is 12.7. The molecule has 0 aromatic heterocycles. The van der Waals surface area contributed by atoms with Crippen LogP contribution in [0.1, 0.15) is 122 Å². The van der Waals surface area contributed by atoms with Crippen LogP contribution in [0.2, 0.25) is 0 Å². The first-order valence-electron chi connectivity index (χ1n) is 22.6. The zero-order valence-electron chi connectivity index (χ0n) is 37.3. The summed E-state index contributed by atoms with van der Waals surface area (Å²) in [4.78, 5) is 49.0. The fourth-order valence-electron chi connectivity index (χ4n) is 11.3. The summed E-state index contributed by atoms with van der Waals surface area (Å²) in [5.41, 5.74) is 0.705. The minimum atomic E-state index is -0.579. The van der Waals surface area contributed by atoms with Crippen molar-refractivity contribution in [3.8, 4) is 0 Å². The van der Waals surface area contributed by atoms with Crippen LogP contribution >= 0.6 is 0 Å². The summed E-state index contributed by atoms with van der Waals surface area (Å²) in [5.74, 6) is 0.476. The highest BCUT2D eigenvalue weighted by Gasteiger charge is 2.56. The van der Waals surface area contributed by atoms with Gasteiger partial charge in [0.1, 0.15) is 23.8 Å². The Morgan fingerprint density at radius 2 is 1.20 bits per heavy atom. The number of amides is 4. The standard InChI is InChI=1S/C27H40FN3O3.C21H30FN3O/c1-25(2,3)34-23(32)18-30-19-26(31(24(30)33)17-20-8-6-9-20)12-14-27(15-13-26,29(4)5)21-10-7-11-22(28)16-21;1-24(2)21(17-7-4-8-18(22)13-17)11-9-20(10-12-21)15-23-19(26)25(20)14-16-5-3-6-16/h7,10-11,16,20H,6,8-9,12-15,17-19H2,1-5H3;4,7-8,13,16H,3,5-6,9-12,14-15H2,1-2H3,(H,23,26). The number of urea groups is 2. The van der Waals surface area contributed by atoms with E-state index in [-0.39, 0.29) is 58.4 Å². The molecule has 4 amide bonds. The number of esters is 1. The number of nitrogens with zero attached hydrogens (tertiary/aromatic N) is 5. The highest BCUT2D eigenvalue weighted by molar-refractivity contribution is 5.84. The Bertz CT molecular complexity index is 1860. The normalized spacial score (nSPS) is 29.8. The Hall–Kier alpha value is -3.77. The van der Waals surface area contributed by atoms with Crippen molar-refractivity contribution in [2.24, 2.45) is 11.8 Å². The van der Waals surface area contributed by atoms with Crippen molar-refractivity contribution in [3.63, 3.8) is 0 Å². The Labute approximate surface area is 357 Å². The molecule has 2 aromatic carbocycles. The van der Waals surface area contributed by atoms with Crippen molar-refractivity contribution in [2.75, 3.05) is 60.9 Å². The van der Waals surface area contributed by atoms with Gasteiger partial charge in [0.25, 0.3) is 0 Å². The Balaban J connectivity index is 0.000000188. The van der Waals surface area contributed by atoms with Crippen LogP contribution in [0.5, 0.6) is 0 Å². The molecule has 1 N–H and O–H groups in total. The smallest absolute Gasteiger partial charge is 0.326 e. The first-order chi connectivity index (χ1) is 28.4. The molecule has 0 unspecified atom stereocenters. The maximum Gasteiger partial charge on any atom is 0.326 e. The summed E-state index contributed by atoms with van der Waals surface area (Å²) in [6.07, 6.45) is 14.5. The van der Waals surface area contributed by atoms with Crippen molar-refractivity contribution in [3.05, 3.63) is 71.3 Å². The van der Waals surface area contributed by atoms with Crippen LogP contribution in [0.4, 0.5) is 18.4 Å². The summed E-state index contributed by atoms with van der Waals surface area (Å²) in [7, 11) is 8.30. The summed E-state index contributed by atoms with van der Waals surface area (Å²) in [5, 5.41) is 3.10. The molecule has 6 fully saturated rings. The van der Waals surface area contributed by atoms with E-state index in [0.29, 0.717) is 18.4 Å². The molecule has 60 heavy (non-hydrogen) atoms. The third kappa shape index (κ3) is 8.79. The van der Waals surface area contributed by atoms with Crippen molar-refractivity contribution in [1.29, 1.82) is 0 Å². The zero-order chi connectivity index (χ0) is 43.1. The van der Waals surface area contributed by atoms with Gasteiger partial charge < -0.3 is 24.8 Å². The lowest BCUT2D eigenvalue weighted by molar-refractivity contribution is -0.155. The van der Waals surface area contributed by atoms with Crippen LogP contribution in [0.3, 0.4) is 0 Å². The van der Waals surface area contributed by atoms with Crippen molar-refractivity contribution < 1.29 is 27.9 Å². The fraction of sp³-hybridized carbons (Fsp3) is 0.688. The lowest BCUT2D eigenvalue weighted by atomic mass is 9.68. The van der Waals surface area contributed by atoms with Crippen LogP contribution in [0, 0.1) is 23.5 Å². The lowest BCUT2D eigenvalue weighted by Gasteiger charge is -2.51. The third-order valence-corrected chi connectivity index (χ3v) is 15.5. The van der Waals surface area contributed by atoms with E-state index in [1.54, 1.807) is 23.1 Å². The van der Waals surface area contributed by atoms with Gasteiger partial charge in [-0.15, -0.1) is 0 Å². The summed E-state index contributed by atoms with van der Waals surface area (Å²) >= 11 is 0. The molecule has 0 bridgehead atoms. The van der Waals surface area contributed by atoms with E-state index < -0.39 is 5.60 Å². The van der Waals surface area contributed by atoms with Gasteiger partial charge in [-0.1, -0.05) is 37.1 Å². The quantitative estimate of drug-likeness (QED) is 0.242. The van der Waals surface area contributed by atoms with Crippen LogP contribution in [-0.2, 0) is 20.6 Å². The molecule has 2 saturated heterocycles. The first-order valence-corrected chi connectivity index (χ1v) is 22.6. The summed E-state index contributed by atoms with van der Waals surface area (Å²) < 4.78 is 33.5. The molecule has 2 aliphatic heterocycles. The average molecular weight is 833 g/mol. The number of carbonyl (C=O) groups is 3. The molecule has 330 valence electrons. The second kappa shape index (κ2) is 17.2. The molecular weight excluding hydrogens is 763 g/mol. The number of carbonyl (C=O) groups excluding carboxylic acids is 3. The number of benzene rings is 2. The van der Waals surface area contributed by atoms with Crippen LogP contribution in [0.25, 0.3) is 0 Å². The molecule has 10 nitrogen and oxygen atoms in total. The van der Waals surface area contributed by atoms with E-state index in [1.807, 2.05) is 39.0 Å². The molecule has 12 heteroatoms. The molecule has 0 radical (unpaired) electrons. The van der Waals surface area contributed by atoms with E-state index in [1.165, 1.54) is 37.8 Å². The van der Waals surface area contributed by atoms with Crippen molar-refractivity contribution in [1.82, 2.24) is 29.8 Å². The maximum absolute atomic E-state index is 14.1. The molecule has 4 saturated carbocycles. The zero-order valence-corrected chi connectivity index (χ0v) is 37.3. The fourth-order valence-corrected chi connectivity index (χ4v) is 11.3. The van der Waals surface area contributed by atoms with Gasteiger partial charge in [0.15, 0.2) is 0 Å². The molecule has 0 atom stereocenters.